The summed E-state index contributed by atoms with van der Waals surface area (Å²) in [6.07, 6.45) is 2.48. The minimum absolute atomic E-state index is 0.177. The quantitative estimate of drug-likeness (QED) is 0.603. The van der Waals surface area contributed by atoms with E-state index < -0.39 is 11.9 Å². The molecule has 0 aliphatic heterocycles. The average molecular weight is 392 g/mol. The predicted octanol–water partition coefficient (Wildman–Crippen LogP) is 2.56. The summed E-state index contributed by atoms with van der Waals surface area (Å²) in [5.41, 5.74) is 5.84. The maximum absolute atomic E-state index is 12.4. The van der Waals surface area contributed by atoms with E-state index in [0.29, 0.717) is 30.1 Å². The standard InChI is InChI=1S/C16H23Cl2N3O2S/c1-10(8-19)9-20-16(23)14(5-6-24-2)21-15(22)12-4-3-11(17)7-13(12)18/h3-4,7,10,14H,5-6,8-9,19H2,1-2H3,(H,20,23)(H,21,22). The van der Waals surface area contributed by atoms with Gasteiger partial charge in [0.25, 0.3) is 5.91 Å². The van der Waals surface area contributed by atoms with Crippen LogP contribution in [0.25, 0.3) is 0 Å². The van der Waals surface area contributed by atoms with Crippen molar-refractivity contribution >= 4 is 46.8 Å². The molecule has 0 radical (unpaired) electrons. The number of nitrogens with one attached hydrogen (secondary N) is 2. The first kappa shape index (κ1) is 21.1. The lowest BCUT2D eigenvalue weighted by molar-refractivity contribution is -0.123. The van der Waals surface area contributed by atoms with Gasteiger partial charge in [-0.3, -0.25) is 9.59 Å². The molecule has 24 heavy (non-hydrogen) atoms. The van der Waals surface area contributed by atoms with E-state index in [4.69, 9.17) is 28.9 Å². The van der Waals surface area contributed by atoms with Gasteiger partial charge >= 0.3 is 0 Å². The minimum Gasteiger partial charge on any atom is -0.354 e. The highest BCUT2D eigenvalue weighted by atomic mass is 35.5. The number of hydrogen-bond donors (Lipinski definition) is 3. The number of thioether (sulfide) groups is 1. The minimum atomic E-state index is -0.623. The molecule has 2 atom stereocenters. The molecule has 0 aliphatic rings. The Morgan fingerprint density at radius 1 is 1.33 bits per heavy atom. The Balaban J connectivity index is 2.76. The summed E-state index contributed by atoms with van der Waals surface area (Å²) < 4.78 is 0. The molecule has 1 aromatic carbocycles. The monoisotopic (exact) mass is 391 g/mol. The molecule has 1 aromatic rings. The largest absolute Gasteiger partial charge is 0.354 e. The number of amides is 2. The molecule has 0 saturated heterocycles. The smallest absolute Gasteiger partial charge is 0.253 e. The molecule has 0 heterocycles. The lowest BCUT2D eigenvalue weighted by Gasteiger charge is -2.19. The van der Waals surface area contributed by atoms with Gasteiger partial charge in [0.15, 0.2) is 0 Å². The number of nitrogens with two attached hydrogens (primary N) is 1. The summed E-state index contributed by atoms with van der Waals surface area (Å²) in [4.78, 5) is 24.7. The van der Waals surface area contributed by atoms with Crippen molar-refractivity contribution in [3.05, 3.63) is 33.8 Å². The highest BCUT2D eigenvalue weighted by Crippen LogP contribution is 2.21. The lowest BCUT2D eigenvalue weighted by atomic mass is 10.1. The zero-order valence-electron chi connectivity index (χ0n) is 13.8. The fourth-order valence-electron chi connectivity index (χ4n) is 1.90. The van der Waals surface area contributed by atoms with Gasteiger partial charge in [-0.25, -0.2) is 0 Å². The van der Waals surface area contributed by atoms with Crippen molar-refractivity contribution in [2.24, 2.45) is 11.7 Å². The van der Waals surface area contributed by atoms with Gasteiger partial charge in [-0.2, -0.15) is 11.8 Å². The first-order valence-corrected chi connectivity index (χ1v) is 9.76. The number of hydrogen-bond acceptors (Lipinski definition) is 4. The first-order chi connectivity index (χ1) is 11.4. The molecule has 0 fully saturated rings. The first-order valence-electron chi connectivity index (χ1n) is 7.61. The molecule has 0 bridgehead atoms. The maximum atomic E-state index is 12.4. The van der Waals surface area contributed by atoms with Crippen LogP contribution in [0.3, 0.4) is 0 Å². The molecular formula is C16H23Cl2N3O2S. The van der Waals surface area contributed by atoms with E-state index in [1.54, 1.807) is 23.9 Å². The normalized spacial score (nSPS) is 13.2. The molecule has 5 nitrogen and oxygen atoms in total. The van der Waals surface area contributed by atoms with Gasteiger partial charge in [0.05, 0.1) is 10.6 Å². The molecule has 2 amide bonds. The second-order valence-corrected chi connectivity index (χ2v) is 7.35. The van der Waals surface area contributed by atoms with Gasteiger partial charge in [-0.1, -0.05) is 30.1 Å². The SMILES string of the molecule is CSCCC(NC(=O)c1ccc(Cl)cc1Cl)C(=O)NCC(C)CN. The van der Waals surface area contributed by atoms with Crippen LogP contribution < -0.4 is 16.4 Å². The van der Waals surface area contributed by atoms with Crippen LogP contribution in [0.1, 0.15) is 23.7 Å². The Morgan fingerprint density at radius 3 is 2.62 bits per heavy atom. The summed E-state index contributed by atoms with van der Waals surface area (Å²) >= 11 is 13.5. The van der Waals surface area contributed by atoms with Gasteiger partial charge in [-0.15, -0.1) is 0 Å². The Labute approximate surface area is 157 Å². The maximum Gasteiger partial charge on any atom is 0.253 e. The third kappa shape index (κ3) is 6.89. The zero-order chi connectivity index (χ0) is 18.1. The van der Waals surface area contributed by atoms with Crippen LogP contribution in [-0.2, 0) is 4.79 Å². The molecule has 2 unspecified atom stereocenters. The van der Waals surface area contributed by atoms with E-state index in [2.05, 4.69) is 10.6 Å². The van der Waals surface area contributed by atoms with Crippen molar-refractivity contribution < 1.29 is 9.59 Å². The molecule has 8 heteroatoms. The van der Waals surface area contributed by atoms with E-state index in [9.17, 15) is 9.59 Å². The van der Waals surface area contributed by atoms with Crippen molar-refractivity contribution in [1.82, 2.24) is 10.6 Å². The van der Waals surface area contributed by atoms with Gasteiger partial charge < -0.3 is 16.4 Å². The van der Waals surface area contributed by atoms with Gasteiger partial charge in [0, 0.05) is 11.6 Å². The van der Waals surface area contributed by atoms with Crippen LogP contribution in [0.5, 0.6) is 0 Å². The number of carbonyl (C=O) groups excluding carboxylic acids is 2. The summed E-state index contributed by atoms with van der Waals surface area (Å²) in [7, 11) is 0. The summed E-state index contributed by atoms with van der Waals surface area (Å²) in [6, 6.07) is 4.00. The van der Waals surface area contributed by atoms with Gasteiger partial charge in [0.2, 0.25) is 5.91 Å². The van der Waals surface area contributed by atoms with Crippen LogP contribution in [0, 0.1) is 5.92 Å². The molecule has 0 aliphatic carbocycles. The summed E-state index contributed by atoms with van der Waals surface area (Å²) in [5.74, 6) is 0.309. The second kappa shape index (κ2) is 10.8. The summed E-state index contributed by atoms with van der Waals surface area (Å²) in [6.45, 7) is 2.91. The molecule has 4 N–H and O–H groups in total. The number of carbonyl (C=O) groups is 2. The van der Waals surface area contributed by atoms with Crippen LogP contribution >= 0.6 is 35.0 Å². The highest BCUT2D eigenvalue weighted by molar-refractivity contribution is 7.98. The third-order valence-corrected chi connectivity index (χ3v) is 4.63. The van der Waals surface area contributed by atoms with E-state index >= 15 is 0 Å². The Morgan fingerprint density at radius 2 is 2.04 bits per heavy atom. The number of halogens is 2. The average Bonchev–Trinajstić information content (AvgIpc) is 2.55. The highest BCUT2D eigenvalue weighted by Gasteiger charge is 2.22. The van der Waals surface area contributed by atoms with E-state index in [1.165, 1.54) is 6.07 Å². The van der Waals surface area contributed by atoms with E-state index in [0.717, 1.165) is 5.75 Å². The molecule has 1 rings (SSSR count). The van der Waals surface area contributed by atoms with E-state index in [1.807, 2.05) is 13.2 Å². The number of rotatable bonds is 9. The Hall–Kier alpha value is -0.950. The predicted molar refractivity (Wildman–Crippen MR) is 102 cm³/mol. The van der Waals surface area contributed by atoms with Crippen LogP contribution in [0.2, 0.25) is 10.0 Å². The van der Waals surface area contributed by atoms with Gasteiger partial charge in [-0.05, 0) is 49.1 Å². The number of benzene rings is 1. The fraction of sp³-hybridized carbons (Fsp3) is 0.500. The van der Waals surface area contributed by atoms with Crippen molar-refractivity contribution in [1.29, 1.82) is 0 Å². The van der Waals surface area contributed by atoms with Crippen LogP contribution in [0.4, 0.5) is 0 Å². The van der Waals surface area contributed by atoms with Crippen LogP contribution in [0.15, 0.2) is 18.2 Å². The fourth-order valence-corrected chi connectivity index (χ4v) is 2.86. The summed E-state index contributed by atoms with van der Waals surface area (Å²) in [5, 5.41) is 6.27. The van der Waals surface area contributed by atoms with Crippen LogP contribution in [-0.4, -0.2) is 43.0 Å². The molecule has 0 saturated carbocycles. The van der Waals surface area contributed by atoms with Crippen molar-refractivity contribution in [2.75, 3.05) is 25.1 Å². The Bertz CT molecular complexity index is 572. The Kier molecular flexibility index (Phi) is 9.51. The lowest BCUT2D eigenvalue weighted by Crippen LogP contribution is -2.48. The zero-order valence-corrected chi connectivity index (χ0v) is 16.1. The van der Waals surface area contributed by atoms with Gasteiger partial charge in [0.1, 0.15) is 6.04 Å². The topological polar surface area (TPSA) is 84.2 Å². The molecule has 0 spiro atoms. The van der Waals surface area contributed by atoms with Crippen molar-refractivity contribution in [3.8, 4) is 0 Å². The molecule has 0 aromatic heterocycles. The van der Waals surface area contributed by atoms with Crippen molar-refractivity contribution in [3.63, 3.8) is 0 Å². The molecule has 134 valence electrons. The molecular weight excluding hydrogens is 369 g/mol. The third-order valence-electron chi connectivity index (χ3n) is 3.44. The van der Waals surface area contributed by atoms with Crippen molar-refractivity contribution in [2.45, 2.75) is 19.4 Å². The van der Waals surface area contributed by atoms with E-state index in [-0.39, 0.29) is 16.8 Å². The second-order valence-electron chi connectivity index (χ2n) is 5.52.